The number of benzene rings is 1. The standard InChI is InChI=1S/C6H4NO2.Na.H3O4P/c8-7(9)6-4-2-1-3-5-6;;1-5(2,3)4/h2-5H;;(H3,1,2,3,4)/q-1;+1;. The Morgan fingerprint density at radius 1 is 1.27 bits per heavy atom. The van der Waals surface area contributed by atoms with Gasteiger partial charge in [0.05, 0.1) is 0 Å². The summed E-state index contributed by atoms with van der Waals surface area (Å²) >= 11 is 0. The minimum atomic E-state index is -4.64. The van der Waals surface area contributed by atoms with Crippen molar-refractivity contribution in [1.29, 1.82) is 0 Å². The molecule has 0 unspecified atom stereocenters. The van der Waals surface area contributed by atoms with Gasteiger partial charge in [-0.2, -0.15) is 18.2 Å². The number of nitro groups is 1. The predicted octanol–water partition coefficient (Wildman–Crippen LogP) is -2.53. The SMILES string of the molecule is O=P(O)(O)O.O=[N+]([O-])c1cc[c-]cc1.[Na+]. The van der Waals surface area contributed by atoms with Gasteiger partial charge >= 0.3 is 37.4 Å². The van der Waals surface area contributed by atoms with E-state index in [9.17, 15) is 10.1 Å². The average Bonchev–Trinajstić information content (AvgIpc) is 2.03. The van der Waals surface area contributed by atoms with Crippen molar-refractivity contribution in [1.82, 2.24) is 0 Å². The zero-order chi connectivity index (χ0) is 11.2. The second-order valence-electron chi connectivity index (χ2n) is 2.03. The molecule has 15 heavy (non-hydrogen) atoms. The molecule has 1 aromatic carbocycles. The number of nitrogens with zero attached hydrogens (tertiary/aromatic N) is 1. The van der Waals surface area contributed by atoms with Crippen LogP contribution in [0, 0.1) is 16.2 Å². The summed E-state index contributed by atoms with van der Waals surface area (Å²) in [6.45, 7) is 0. The molecule has 0 radical (unpaired) electrons. The summed E-state index contributed by atoms with van der Waals surface area (Å²) in [7, 11) is -4.64. The third-order valence-corrected chi connectivity index (χ3v) is 0.911. The second kappa shape index (κ2) is 7.95. The number of hydrogen-bond acceptors (Lipinski definition) is 3. The molecule has 1 rings (SSSR count). The Hall–Kier alpha value is -0.270. The van der Waals surface area contributed by atoms with Crippen molar-refractivity contribution in [2.24, 2.45) is 0 Å². The molecular weight excluding hydrogens is 236 g/mol. The van der Waals surface area contributed by atoms with E-state index < -0.39 is 12.7 Å². The number of rotatable bonds is 1. The maximum Gasteiger partial charge on any atom is 1.00 e. The fourth-order valence-electron chi connectivity index (χ4n) is 0.500. The molecule has 9 heteroatoms. The van der Waals surface area contributed by atoms with Gasteiger partial charge in [-0.1, -0.05) is 12.1 Å². The van der Waals surface area contributed by atoms with E-state index in [-0.39, 0.29) is 35.2 Å². The summed E-state index contributed by atoms with van der Waals surface area (Å²) in [6.07, 6.45) is 0. The molecule has 0 saturated heterocycles. The van der Waals surface area contributed by atoms with Gasteiger partial charge in [0.2, 0.25) is 0 Å². The van der Waals surface area contributed by atoms with Crippen molar-refractivity contribution >= 4 is 13.5 Å². The minimum absolute atomic E-state index is 0. The van der Waals surface area contributed by atoms with Crippen LogP contribution < -0.4 is 29.6 Å². The van der Waals surface area contributed by atoms with Crippen LogP contribution in [0.25, 0.3) is 0 Å². The number of non-ortho nitro benzene ring substituents is 1. The first-order valence-electron chi connectivity index (χ1n) is 3.19. The second-order valence-corrected chi connectivity index (χ2v) is 3.06. The average molecular weight is 243 g/mol. The van der Waals surface area contributed by atoms with Crippen LogP contribution in [0.5, 0.6) is 0 Å². The zero-order valence-corrected chi connectivity index (χ0v) is 10.7. The van der Waals surface area contributed by atoms with Gasteiger partial charge in [0, 0.05) is 4.92 Å². The quantitative estimate of drug-likeness (QED) is 0.164. The topological polar surface area (TPSA) is 121 Å². The fourth-order valence-corrected chi connectivity index (χ4v) is 0.500. The Bertz CT molecular complexity index is 330. The van der Waals surface area contributed by atoms with E-state index in [1.165, 1.54) is 24.3 Å². The Morgan fingerprint density at radius 2 is 1.60 bits per heavy atom. The molecule has 1 aromatic rings. The molecule has 0 aliphatic carbocycles. The third-order valence-electron chi connectivity index (χ3n) is 0.911. The normalized spacial score (nSPS) is 9.27. The van der Waals surface area contributed by atoms with Gasteiger partial charge in [-0.15, -0.1) is 0 Å². The van der Waals surface area contributed by atoms with E-state index >= 15 is 0 Å². The van der Waals surface area contributed by atoms with Crippen molar-refractivity contribution in [3.63, 3.8) is 0 Å². The van der Waals surface area contributed by atoms with Crippen LogP contribution in [0.4, 0.5) is 5.69 Å². The van der Waals surface area contributed by atoms with E-state index in [4.69, 9.17) is 19.2 Å². The van der Waals surface area contributed by atoms with Gasteiger partial charge in [0.15, 0.2) is 5.69 Å². The molecule has 0 spiro atoms. The van der Waals surface area contributed by atoms with Crippen LogP contribution in [0.3, 0.4) is 0 Å². The van der Waals surface area contributed by atoms with E-state index in [1.807, 2.05) is 0 Å². The van der Waals surface area contributed by atoms with Gasteiger partial charge in [0.25, 0.3) is 0 Å². The summed E-state index contributed by atoms with van der Waals surface area (Å²) < 4.78 is 8.88. The van der Waals surface area contributed by atoms with Crippen LogP contribution in [0.2, 0.25) is 0 Å². The van der Waals surface area contributed by atoms with E-state index in [1.54, 1.807) is 0 Å². The first-order chi connectivity index (χ1) is 6.30. The van der Waals surface area contributed by atoms with Crippen LogP contribution in [0.1, 0.15) is 0 Å². The fraction of sp³-hybridized carbons (Fsp3) is 0. The monoisotopic (exact) mass is 243 g/mol. The molecule has 7 nitrogen and oxygen atoms in total. The van der Waals surface area contributed by atoms with Crippen molar-refractivity contribution in [2.45, 2.75) is 0 Å². The third kappa shape index (κ3) is 13.7. The van der Waals surface area contributed by atoms with Crippen LogP contribution in [-0.2, 0) is 4.57 Å². The molecule has 0 saturated carbocycles. The van der Waals surface area contributed by atoms with Crippen LogP contribution >= 0.6 is 7.82 Å². The smallest absolute Gasteiger partial charge is 0.303 e. The molecule has 0 aliphatic rings. The number of hydrogen-bond donors (Lipinski definition) is 3. The molecule has 0 heterocycles. The first-order valence-corrected chi connectivity index (χ1v) is 4.76. The molecule has 0 aromatic heterocycles. The Balaban J connectivity index is 0. The van der Waals surface area contributed by atoms with E-state index in [0.717, 1.165) is 0 Å². The number of phosphoric acid groups is 1. The van der Waals surface area contributed by atoms with Crippen LogP contribution in [-0.4, -0.2) is 19.6 Å². The molecule has 0 amide bonds. The van der Waals surface area contributed by atoms with Gasteiger partial charge in [-0.25, -0.2) is 4.57 Å². The molecule has 0 fully saturated rings. The minimum Gasteiger partial charge on any atom is -0.303 e. The largest absolute Gasteiger partial charge is 1.00 e. The van der Waals surface area contributed by atoms with Gasteiger partial charge < -0.3 is 14.7 Å². The van der Waals surface area contributed by atoms with Gasteiger partial charge in [0.1, 0.15) is 0 Å². The summed E-state index contributed by atoms with van der Waals surface area (Å²) in [6, 6.07) is 8.51. The Kier molecular flexibility index (Phi) is 9.08. The summed E-state index contributed by atoms with van der Waals surface area (Å²) in [5.74, 6) is 0. The van der Waals surface area contributed by atoms with Crippen molar-refractivity contribution in [3.05, 3.63) is 40.4 Å². The number of nitro benzene ring substituents is 1. The van der Waals surface area contributed by atoms with Crippen molar-refractivity contribution in [3.8, 4) is 0 Å². The summed E-state index contributed by atoms with van der Waals surface area (Å²) in [5, 5.41) is 9.99. The van der Waals surface area contributed by atoms with Crippen LogP contribution in [0.15, 0.2) is 24.3 Å². The maximum atomic E-state index is 9.99. The molecule has 0 atom stereocenters. The molecule has 78 valence electrons. The Morgan fingerprint density at radius 3 is 1.80 bits per heavy atom. The molecule has 0 bridgehead atoms. The summed E-state index contributed by atoms with van der Waals surface area (Å²) in [5.41, 5.74) is 0.105. The van der Waals surface area contributed by atoms with Crippen molar-refractivity contribution < 1.29 is 53.7 Å². The molecule has 3 N–H and O–H groups in total. The summed E-state index contributed by atoms with van der Waals surface area (Å²) in [4.78, 5) is 31.1. The zero-order valence-electron chi connectivity index (χ0n) is 7.77. The molecular formula is C6H7NNaO6P. The Labute approximate surface area is 107 Å². The van der Waals surface area contributed by atoms with Gasteiger partial charge in [-0.05, 0) is 0 Å². The van der Waals surface area contributed by atoms with Gasteiger partial charge in [-0.3, -0.25) is 10.1 Å². The predicted molar refractivity (Wildman–Crippen MR) is 46.2 cm³/mol. The van der Waals surface area contributed by atoms with Crippen molar-refractivity contribution in [2.75, 3.05) is 0 Å². The van der Waals surface area contributed by atoms with E-state index in [2.05, 4.69) is 6.07 Å². The maximum absolute atomic E-state index is 9.99. The van der Waals surface area contributed by atoms with E-state index in [0.29, 0.717) is 0 Å². The molecule has 0 aliphatic heterocycles. The first kappa shape index (κ1) is 17.1.